The lowest BCUT2D eigenvalue weighted by Crippen LogP contribution is -2.33. The molecule has 3 rings (SSSR count). The number of fused-ring (bicyclic) bond motifs is 1. The number of hydrogen-bond donors (Lipinski definition) is 3. The van der Waals surface area contributed by atoms with Gasteiger partial charge in [0, 0.05) is 6.42 Å². The van der Waals surface area contributed by atoms with E-state index in [4.69, 9.17) is 20.7 Å². The lowest BCUT2D eigenvalue weighted by Gasteiger charge is -2.21. The highest BCUT2D eigenvalue weighted by Crippen LogP contribution is 2.20. The number of carbonyl (C=O) groups is 3. The molecule has 0 bridgehead atoms. The van der Waals surface area contributed by atoms with Gasteiger partial charge < -0.3 is 20.7 Å². The van der Waals surface area contributed by atoms with E-state index in [1.165, 1.54) is 0 Å². The molecule has 0 fully saturated rings. The Morgan fingerprint density at radius 2 is 1.69 bits per heavy atom. The predicted octanol–water partition coefficient (Wildman–Crippen LogP) is 1.49. The fourth-order valence-electron chi connectivity index (χ4n) is 2.42. The maximum Gasteiger partial charge on any atom is 0.345 e. The van der Waals surface area contributed by atoms with E-state index in [0.717, 1.165) is 11.1 Å². The lowest BCUT2D eigenvalue weighted by atomic mass is 9.99. The lowest BCUT2D eigenvalue weighted by molar-refractivity contribution is -0.147. The maximum atomic E-state index is 11.3. The third-order valence-corrected chi connectivity index (χ3v) is 3.78. The molecular formula is C19H19NO6. The summed E-state index contributed by atoms with van der Waals surface area (Å²) in [4.78, 5) is 32.3. The van der Waals surface area contributed by atoms with Crippen LogP contribution < -0.4 is 5.73 Å². The third-order valence-electron chi connectivity index (χ3n) is 3.78. The van der Waals surface area contributed by atoms with Crippen molar-refractivity contribution in [3.8, 4) is 0 Å². The molecule has 7 heteroatoms. The van der Waals surface area contributed by atoms with Crippen molar-refractivity contribution >= 4 is 17.9 Å². The molecule has 1 aliphatic heterocycles. The Bertz CT molecular complexity index is 790. The van der Waals surface area contributed by atoms with Crippen LogP contribution in [0.3, 0.4) is 0 Å². The Morgan fingerprint density at radius 1 is 1.08 bits per heavy atom. The fraction of sp³-hybridized carbons (Fsp3) is 0.211. The van der Waals surface area contributed by atoms with Gasteiger partial charge >= 0.3 is 17.9 Å². The van der Waals surface area contributed by atoms with Crippen LogP contribution in [0.15, 0.2) is 54.6 Å². The normalized spacial score (nSPS) is 16.3. The standard InChI is InChI=1S/C10H8O4.C9H11NO2/c11-9(12)8-5-6-3-1-2-4-7(6)10(13)14-8;10-8(9(11)12)6-7-4-2-1-3-5-7/h1-4,8H,5H2,(H,11,12);1-5,8H,6,10H2,(H,11,12)/t2*8-/m00/s1. The molecule has 2 aromatic carbocycles. The quantitative estimate of drug-likeness (QED) is 0.708. The summed E-state index contributed by atoms with van der Waals surface area (Å²) in [6, 6.07) is 15.4. The number of benzene rings is 2. The summed E-state index contributed by atoms with van der Waals surface area (Å²) < 4.78 is 4.74. The molecule has 4 N–H and O–H groups in total. The molecular weight excluding hydrogens is 338 g/mol. The van der Waals surface area contributed by atoms with Crippen molar-refractivity contribution in [2.45, 2.75) is 25.0 Å². The van der Waals surface area contributed by atoms with Gasteiger partial charge in [-0.2, -0.15) is 0 Å². The van der Waals surface area contributed by atoms with Gasteiger partial charge in [0.15, 0.2) is 0 Å². The summed E-state index contributed by atoms with van der Waals surface area (Å²) >= 11 is 0. The summed E-state index contributed by atoms with van der Waals surface area (Å²) in [6.07, 6.45) is -0.412. The van der Waals surface area contributed by atoms with Crippen molar-refractivity contribution in [1.29, 1.82) is 0 Å². The van der Waals surface area contributed by atoms with Crippen LogP contribution in [0.5, 0.6) is 0 Å². The van der Waals surface area contributed by atoms with E-state index >= 15 is 0 Å². The number of aliphatic carboxylic acids is 2. The average Bonchev–Trinajstić information content (AvgIpc) is 2.63. The van der Waals surface area contributed by atoms with Gasteiger partial charge in [-0.1, -0.05) is 48.5 Å². The molecule has 1 heterocycles. The smallest absolute Gasteiger partial charge is 0.345 e. The van der Waals surface area contributed by atoms with Crippen molar-refractivity contribution in [2.75, 3.05) is 0 Å². The first-order valence-electron chi connectivity index (χ1n) is 7.92. The summed E-state index contributed by atoms with van der Waals surface area (Å²) in [5.74, 6) is -2.62. The second-order valence-electron chi connectivity index (χ2n) is 5.73. The van der Waals surface area contributed by atoms with Crippen LogP contribution in [-0.4, -0.2) is 40.3 Å². The molecule has 1 aliphatic rings. The van der Waals surface area contributed by atoms with Crippen LogP contribution in [0.2, 0.25) is 0 Å². The largest absolute Gasteiger partial charge is 0.480 e. The molecule has 2 aromatic rings. The Morgan fingerprint density at radius 3 is 2.31 bits per heavy atom. The first-order valence-corrected chi connectivity index (χ1v) is 7.92. The Hall–Kier alpha value is -3.19. The molecule has 26 heavy (non-hydrogen) atoms. The van der Waals surface area contributed by atoms with E-state index in [9.17, 15) is 14.4 Å². The van der Waals surface area contributed by atoms with E-state index in [0.29, 0.717) is 12.0 Å². The van der Waals surface area contributed by atoms with Gasteiger partial charge in [-0.3, -0.25) is 4.79 Å². The highest BCUT2D eigenvalue weighted by atomic mass is 16.6. The molecule has 0 spiro atoms. The number of cyclic esters (lactones) is 1. The van der Waals surface area contributed by atoms with Crippen molar-refractivity contribution in [3.05, 3.63) is 71.3 Å². The molecule has 2 atom stereocenters. The van der Waals surface area contributed by atoms with Gasteiger partial charge in [0.1, 0.15) is 6.04 Å². The van der Waals surface area contributed by atoms with E-state index < -0.39 is 30.1 Å². The zero-order valence-electron chi connectivity index (χ0n) is 13.9. The number of carboxylic acid groups (broad SMARTS) is 2. The summed E-state index contributed by atoms with van der Waals surface area (Å²) in [5.41, 5.74) is 7.50. The van der Waals surface area contributed by atoms with Crippen LogP contribution in [0.4, 0.5) is 0 Å². The third kappa shape index (κ3) is 5.15. The van der Waals surface area contributed by atoms with E-state index in [-0.39, 0.29) is 6.42 Å². The van der Waals surface area contributed by atoms with Crippen LogP contribution in [0.1, 0.15) is 21.5 Å². The second kappa shape index (κ2) is 8.77. The molecule has 136 valence electrons. The second-order valence-corrected chi connectivity index (χ2v) is 5.73. The number of hydrogen-bond acceptors (Lipinski definition) is 5. The van der Waals surface area contributed by atoms with Crippen LogP contribution >= 0.6 is 0 Å². The zero-order chi connectivity index (χ0) is 19.1. The van der Waals surface area contributed by atoms with Gasteiger partial charge in [0.2, 0.25) is 6.10 Å². The number of rotatable bonds is 4. The van der Waals surface area contributed by atoms with Crippen molar-refractivity contribution in [2.24, 2.45) is 5.73 Å². The highest BCUT2D eigenvalue weighted by molar-refractivity contribution is 5.94. The van der Waals surface area contributed by atoms with Gasteiger partial charge in [-0.25, -0.2) is 9.59 Å². The summed E-state index contributed by atoms with van der Waals surface area (Å²) in [7, 11) is 0. The molecule has 0 aromatic heterocycles. The molecule has 7 nitrogen and oxygen atoms in total. The first-order chi connectivity index (χ1) is 12.4. The minimum absolute atomic E-state index is 0.247. The van der Waals surface area contributed by atoms with E-state index in [2.05, 4.69) is 0 Å². The monoisotopic (exact) mass is 357 g/mol. The molecule has 0 saturated heterocycles. The maximum absolute atomic E-state index is 11.3. The average molecular weight is 357 g/mol. The van der Waals surface area contributed by atoms with Gasteiger partial charge in [0.25, 0.3) is 0 Å². The minimum atomic E-state index is -1.10. The Labute approximate surface area is 150 Å². The fourth-order valence-corrected chi connectivity index (χ4v) is 2.42. The number of ether oxygens (including phenoxy) is 1. The van der Waals surface area contributed by atoms with Gasteiger partial charge in [0.05, 0.1) is 5.56 Å². The van der Waals surface area contributed by atoms with Crippen molar-refractivity contribution in [1.82, 2.24) is 0 Å². The van der Waals surface area contributed by atoms with Gasteiger partial charge in [-0.15, -0.1) is 0 Å². The van der Waals surface area contributed by atoms with Crippen LogP contribution in [0, 0.1) is 0 Å². The Balaban J connectivity index is 0.000000190. The number of carboxylic acids is 2. The topological polar surface area (TPSA) is 127 Å². The number of esters is 1. The Kier molecular flexibility index (Phi) is 6.46. The SMILES string of the molecule is N[C@@H](Cc1ccccc1)C(=O)O.O=C1O[C@H](C(=O)O)Cc2ccccc21. The molecule has 0 radical (unpaired) electrons. The van der Waals surface area contributed by atoms with Crippen LogP contribution in [-0.2, 0) is 27.2 Å². The predicted molar refractivity (Wildman–Crippen MR) is 92.7 cm³/mol. The van der Waals surface area contributed by atoms with Crippen LogP contribution in [0.25, 0.3) is 0 Å². The summed E-state index contributed by atoms with van der Waals surface area (Å²) in [5, 5.41) is 17.2. The zero-order valence-corrected chi connectivity index (χ0v) is 13.9. The number of nitrogens with two attached hydrogens (primary N) is 1. The molecule has 0 amide bonds. The minimum Gasteiger partial charge on any atom is -0.480 e. The van der Waals surface area contributed by atoms with E-state index in [1.54, 1.807) is 24.3 Å². The molecule has 0 aliphatic carbocycles. The molecule has 0 saturated carbocycles. The highest BCUT2D eigenvalue weighted by Gasteiger charge is 2.30. The summed E-state index contributed by atoms with van der Waals surface area (Å²) in [6.45, 7) is 0. The van der Waals surface area contributed by atoms with Gasteiger partial charge in [-0.05, 0) is 23.6 Å². The van der Waals surface area contributed by atoms with Crippen molar-refractivity contribution in [3.63, 3.8) is 0 Å². The molecule has 0 unspecified atom stereocenters. The first kappa shape index (κ1) is 19.1. The van der Waals surface area contributed by atoms with E-state index in [1.807, 2.05) is 30.3 Å². The van der Waals surface area contributed by atoms with Crippen molar-refractivity contribution < 1.29 is 29.3 Å². The number of carbonyl (C=O) groups excluding carboxylic acids is 1.